The van der Waals surface area contributed by atoms with Gasteiger partial charge in [0.05, 0.1) is 5.69 Å². The molecular weight excluding hydrogens is 288 g/mol. The maximum absolute atomic E-state index is 11.6. The smallest absolute Gasteiger partial charge is 0.267 e. The molecule has 2 aromatic rings. The van der Waals surface area contributed by atoms with E-state index in [4.69, 9.17) is 5.73 Å². The minimum Gasteiger partial charge on any atom is -0.364 e. The minimum absolute atomic E-state index is 0.256. The van der Waals surface area contributed by atoms with Gasteiger partial charge in [-0.1, -0.05) is 50.6 Å². The van der Waals surface area contributed by atoms with Gasteiger partial charge in [-0.15, -0.1) is 0 Å². The predicted molar refractivity (Wildman–Crippen MR) is 93.4 cm³/mol. The van der Waals surface area contributed by atoms with E-state index < -0.39 is 5.91 Å². The number of nitrogens with zero attached hydrogens (tertiary/aromatic N) is 3. The van der Waals surface area contributed by atoms with Gasteiger partial charge in [-0.2, -0.15) is 0 Å². The van der Waals surface area contributed by atoms with E-state index in [-0.39, 0.29) is 5.69 Å². The Morgan fingerprint density at radius 1 is 1.09 bits per heavy atom. The maximum Gasteiger partial charge on any atom is 0.267 e. The molecule has 0 aliphatic rings. The van der Waals surface area contributed by atoms with E-state index in [0.29, 0.717) is 5.95 Å². The van der Waals surface area contributed by atoms with Crippen molar-refractivity contribution in [3.63, 3.8) is 0 Å². The van der Waals surface area contributed by atoms with Gasteiger partial charge in [0.15, 0.2) is 0 Å². The molecule has 0 fully saturated rings. The first-order chi connectivity index (χ1) is 11.2. The summed E-state index contributed by atoms with van der Waals surface area (Å²) < 4.78 is 0. The zero-order valence-corrected chi connectivity index (χ0v) is 13.8. The van der Waals surface area contributed by atoms with Crippen LogP contribution < -0.4 is 10.6 Å². The van der Waals surface area contributed by atoms with Gasteiger partial charge in [-0.05, 0) is 18.9 Å². The number of carbonyl (C=O) groups is 1. The summed E-state index contributed by atoms with van der Waals surface area (Å²) in [6.07, 6.45) is 3.15. The number of hydrogen-bond acceptors (Lipinski definition) is 4. The monoisotopic (exact) mass is 312 g/mol. The molecule has 0 unspecified atom stereocenters. The molecule has 5 heteroatoms. The van der Waals surface area contributed by atoms with Gasteiger partial charge >= 0.3 is 0 Å². The third-order valence-corrected chi connectivity index (χ3v) is 3.59. The second kappa shape index (κ2) is 8.27. The van der Waals surface area contributed by atoms with Crippen LogP contribution in [0.25, 0.3) is 11.3 Å². The normalized spacial score (nSPS) is 10.5. The van der Waals surface area contributed by atoms with Crippen LogP contribution in [0.2, 0.25) is 0 Å². The molecular formula is C18H24N4O. The summed E-state index contributed by atoms with van der Waals surface area (Å²) in [7, 11) is 0. The zero-order valence-electron chi connectivity index (χ0n) is 13.8. The Morgan fingerprint density at radius 2 is 1.83 bits per heavy atom. The molecule has 0 aliphatic heterocycles. The lowest BCUT2D eigenvalue weighted by atomic mass is 10.1. The quantitative estimate of drug-likeness (QED) is 0.812. The molecule has 0 spiro atoms. The largest absolute Gasteiger partial charge is 0.364 e. The molecule has 2 rings (SSSR count). The minimum atomic E-state index is -0.530. The van der Waals surface area contributed by atoms with E-state index in [9.17, 15) is 4.79 Å². The number of benzene rings is 1. The maximum atomic E-state index is 11.6. The highest BCUT2D eigenvalue weighted by Crippen LogP contribution is 2.21. The number of carbonyl (C=O) groups excluding carboxylic acids is 1. The number of amides is 1. The van der Waals surface area contributed by atoms with Crippen molar-refractivity contribution in [2.75, 3.05) is 18.0 Å². The summed E-state index contributed by atoms with van der Waals surface area (Å²) >= 11 is 0. The van der Waals surface area contributed by atoms with Crippen LogP contribution in [0.1, 0.15) is 43.6 Å². The molecule has 0 radical (unpaired) electrons. The zero-order chi connectivity index (χ0) is 16.7. The average molecular weight is 312 g/mol. The molecule has 1 aromatic carbocycles. The van der Waals surface area contributed by atoms with Gasteiger partial charge in [-0.3, -0.25) is 4.79 Å². The van der Waals surface area contributed by atoms with Crippen LogP contribution in [0.5, 0.6) is 0 Å². The van der Waals surface area contributed by atoms with Crippen LogP contribution in [-0.4, -0.2) is 29.0 Å². The van der Waals surface area contributed by atoms with E-state index in [1.807, 2.05) is 30.3 Å². The van der Waals surface area contributed by atoms with Crippen LogP contribution in [0.15, 0.2) is 36.4 Å². The van der Waals surface area contributed by atoms with Gasteiger partial charge in [0, 0.05) is 18.7 Å². The topological polar surface area (TPSA) is 72.1 Å². The Kier molecular flexibility index (Phi) is 6.09. The summed E-state index contributed by atoms with van der Waals surface area (Å²) in [5.41, 5.74) is 7.39. The number of unbranched alkanes of at least 4 members (excludes halogenated alkanes) is 1. The third-order valence-electron chi connectivity index (χ3n) is 3.59. The molecule has 1 aromatic heterocycles. The SMILES string of the molecule is CCCCN(CCC)c1nc(C(N)=O)cc(-c2ccccc2)n1. The number of primary amides is 1. The van der Waals surface area contributed by atoms with E-state index in [1.54, 1.807) is 6.07 Å². The molecule has 0 aliphatic carbocycles. The lowest BCUT2D eigenvalue weighted by Crippen LogP contribution is -2.28. The van der Waals surface area contributed by atoms with Crippen LogP contribution in [-0.2, 0) is 0 Å². The van der Waals surface area contributed by atoms with Gasteiger partial charge in [0.1, 0.15) is 5.69 Å². The van der Waals surface area contributed by atoms with Gasteiger partial charge in [0.25, 0.3) is 5.91 Å². The molecule has 1 amide bonds. The van der Waals surface area contributed by atoms with Crippen molar-refractivity contribution in [2.45, 2.75) is 33.1 Å². The Labute approximate surface area is 137 Å². The number of nitrogens with two attached hydrogens (primary N) is 1. The number of aromatic nitrogens is 2. The number of rotatable bonds is 8. The van der Waals surface area contributed by atoms with Crippen molar-refractivity contribution in [2.24, 2.45) is 5.73 Å². The number of anilines is 1. The van der Waals surface area contributed by atoms with E-state index in [0.717, 1.165) is 43.6 Å². The molecule has 0 bridgehead atoms. The standard InChI is InChI=1S/C18H24N4O/c1-3-5-12-22(11-4-2)18-20-15(13-16(21-18)17(19)23)14-9-7-6-8-10-14/h6-10,13H,3-5,11-12H2,1-2H3,(H2,19,23). The average Bonchev–Trinajstić information content (AvgIpc) is 2.59. The lowest BCUT2D eigenvalue weighted by molar-refractivity contribution is 0.0995. The Balaban J connectivity index is 2.45. The van der Waals surface area contributed by atoms with E-state index in [2.05, 4.69) is 28.7 Å². The molecule has 0 saturated carbocycles. The lowest BCUT2D eigenvalue weighted by Gasteiger charge is -2.22. The molecule has 0 saturated heterocycles. The first-order valence-corrected chi connectivity index (χ1v) is 8.15. The number of hydrogen-bond donors (Lipinski definition) is 1. The van der Waals surface area contributed by atoms with Crippen LogP contribution in [0.3, 0.4) is 0 Å². The third kappa shape index (κ3) is 4.52. The molecule has 1 heterocycles. The summed E-state index contributed by atoms with van der Waals surface area (Å²) in [6, 6.07) is 11.4. The fourth-order valence-corrected chi connectivity index (χ4v) is 2.39. The van der Waals surface area contributed by atoms with Crippen molar-refractivity contribution in [3.8, 4) is 11.3 Å². The highest BCUT2D eigenvalue weighted by molar-refractivity contribution is 5.92. The molecule has 122 valence electrons. The summed E-state index contributed by atoms with van der Waals surface area (Å²) in [4.78, 5) is 22.8. The highest BCUT2D eigenvalue weighted by Gasteiger charge is 2.15. The molecule has 5 nitrogen and oxygen atoms in total. The first-order valence-electron chi connectivity index (χ1n) is 8.15. The summed E-state index contributed by atoms with van der Waals surface area (Å²) in [6.45, 7) is 6.01. The van der Waals surface area contributed by atoms with Crippen molar-refractivity contribution in [1.82, 2.24) is 9.97 Å². The van der Waals surface area contributed by atoms with Gasteiger partial charge in [-0.25, -0.2) is 9.97 Å². The Hall–Kier alpha value is -2.43. The fourth-order valence-electron chi connectivity index (χ4n) is 2.39. The van der Waals surface area contributed by atoms with Crippen LogP contribution >= 0.6 is 0 Å². The van der Waals surface area contributed by atoms with Crippen molar-refractivity contribution in [3.05, 3.63) is 42.1 Å². The fraction of sp³-hybridized carbons (Fsp3) is 0.389. The summed E-state index contributed by atoms with van der Waals surface area (Å²) in [5, 5.41) is 0. The van der Waals surface area contributed by atoms with E-state index >= 15 is 0 Å². The van der Waals surface area contributed by atoms with Crippen molar-refractivity contribution < 1.29 is 4.79 Å². The second-order valence-corrected chi connectivity index (χ2v) is 5.51. The summed E-state index contributed by atoms with van der Waals surface area (Å²) in [5.74, 6) is 0.0493. The molecule has 0 atom stereocenters. The predicted octanol–water partition coefficient (Wildman–Crippen LogP) is 3.26. The van der Waals surface area contributed by atoms with Gasteiger partial charge in [0.2, 0.25) is 5.95 Å². The van der Waals surface area contributed by atoms with Crippen molar-refractivity contribution >= 4 is 11.9 Å². The van der Waals surface area contributed by atoms with Crippen LogP contribution in [0, 0.1) is 0 Å². The van der Waals surface area contributed by atoms with Crippen LogP contribution in [0.4, 0.5) is 5.95 Å². The molecule has 2 N–H and O–H groups in total. The van der Waals surface area contributed by atoms with E-state index in [1.165, 1.54) is 0 Å². The Morgan fingerprint density at radius 3 is 2.43 bits per heavy atom. The first kappa shape index (κ1) is 16.9. The Bertz CT molecular complexity index is 643. The molecule has 23 heavy (non-hydrogen) atoms. The highest BCUT2D eigenvalue weighted by atomic mass is 16.1. The van der Waals surface area contributed by atoms with Crippen molar-refractivity contribution in [1.29, 1.82) is 0 Å². The second-order valence-electron chi connectivity index (χ2n) is 5.51. The van der Waals surface area contributed by atoms with Gasteiger partial charge < -0.3 is 10.6 Å².